The van der Waals surface area contributed by atoms with Gasteiger partial charge in [0.05, 0.1) is 18.6 Å². The molecule has 0 heterocycles. The van der Waals surface area contributed by atoms with Gasteiger partial charge in [-0.2, -0.15) is 0 Å². The van der Waals surface area contributed by atoms with E-state index in [9.17, 15) is 9.59 Å². The molecule has 2 aromatic rings. The van der Waals surface area contributed by atoms with Crippen LogP contribution < -0.4 is 0 Å². The van der Waals surface area contributed by atoms with Gasteiger partial charge in [0, 0.05) is 0 Å². The van der Waals surface area contributed by atoms with Gasteiger partial charge in [-0.15, -0.1) is 0 Å². The van der Waals surface area contributed by atoms with Crippen molar-refractivity contribution in [2.45, 2.75) is 76.5 Å². The number of hydrogen-bond acceptors (Lipinski definition) is 4. The summed E-state index contributed by atoms with van der Waals surface area (Å²) >= 11 is 3.50. The molecular weight excluding hydrogens is 492 g/mol. The highest BCUT2D eigenvalue weighted by Crippen LogP contribution is 2.36. The van der Waals surface area contributed by atoms with Crippen molar-refractivity contribution in [3.63, 3.8) is 0 Å². The van der Waals surface area contributed by atoms with E-state index in [0.29, 0.717) is 19.6 Å². The number of alkyl halides is 1. The summed E-state index contributed by atoms with van der Waals surface area (Å²) in [5, 5.41) is 0. The van der Waals surface area contributed by atoms with Gasteiger partial charge in [0.15, 0.2) is 0 Å². The average molecular weight is 532 g/mol. The Hall–Kier alpha value is -2.14. The van der Waals surface area contributed by atoms with Gasteiger partial charge in [-0.3, -0.25) is 9.59 Å². The minimum Gasteiger partial charge on any atom is -0.465 e. The van der Waals surface area contributed by atoms with E-state index >= 15 is 0 Å². The van der Waals surface area contributed by atoms with E-state index in [1.165, 1.54) is 11.1 Å². The van der Waals surface area contributed by atoms with Crippen molar-refractivity contribution in [3.8, 4) is 0 Å². The third kappa shape index (κ3) is 10.4. The maximum absolute atomic E-state index is 12.7. The van der Waals surface area contributed by atoms with Crippen molar-refractivity contribution in [1.82, 2.24) is 0 Å². The molecule has 0 N–H and O–H groups in total. The first-order valence-corrected chi connectivity index (χ1v) is 13.1. The second-order valence-corrected chi connectivity index (χ2v) is 11.5. The Labute approximate surface area is 213 Å². The van der Waals surface area contributed by atoms with Gasteiger partial charge in [-0.25, -0.2) is 0 Å². The van der Waals surface area contributed by atoms with Crippen LogP contribution in [-0.2, 0) is 31.9 Å². The lowest BCUT2D eigenvalue weighted by atomic mass is 9.83. The molecule has 34 heavy (non-hydrogen) atoms. The topological polar surface area (TPSA) is 52.6 Å². The van der Waals surface area contributed by atoms with E-state index < -0.39 is 9.74 Å². The average Bonchev–Trinajstić information content (AvgIpc) is 2.81. The van der Waals surface area contributed by atoms with E-state index in [4.69, 9.17) is 9.47 Å². The SMILES string of the molecule is CC(C)(CC(C)(Br)C(=O)OCCCCc1ccccc1)C(=O)OCCCCCc1ccccc1. The van der Waals surface area contributed by atoms with Crippen molar-refractivity contribution < 1.29 is 19.1 Å². The molecule has 5 heteroatoms. The number of benzene rings is 2. The molecule has 0 saturated heterocycles. The summed E-state index contributed by atoms with van der Waals surface area (Å²) in [6, 6.07) is 20.7. The molecule has 4 nitrogen and oxygen atoms in total. The van der Waals surface area contributed by atoms with E-state index in [0.717, 1.165) is 44.9 Å². The summed E-state index contributed by atoms with van der Waals surface area (Å²) in [5.74, 6) is -0.620. The van der Waals surface area contributed by atoms with Crippen LogP contribution in [0.15, 0.2) is 60.7 Å². The Morgan fingerprint density at radius 3 is 1.65 bits per heavy atom. The molecule has 0 bridgehead atoms. The summed E-state index contributed by atoms with van der Waals surface area (Å²) in [6.45, 7) is 6.18. The highest BCUT2D eigenvalue weighted by Gasteiger charge is 2.42. The van der Waals surface area contributed by atoms with E-state index in [2.05, 4.69) is 52.3 Å². The highest BCUT2D eigenvalue weighted by molar-refractivity contribution is 9.10. The Morgan fingerprint density at radius 1 is 0.676 bits per heavy atom. The van der Waals surface area contributed by atoms with Gasteiger partial charge < -0.3 is 9.47 Å². The van der Waals surface area contributed by atoms with Crippen LogP contribution in [-0.4, -0.2) is 29.5 Å². The zero-order valence-corrected chi connectivity index (χ0v) is 22.4. The fraction of sp³-hybridized carbons (Fsp3) is 0.517. The maximum atomic E-state index is 12.7. The van der Waals surface area contributed by atoms with Crippen molar-refractivity contribution in [2.24, 2.45) is 5.41 Å². The number of carbonyl (C=O) groups is 2. The number of carbonyl (C=O) groups excluding carboxylic acids is 2. The Bertz CT molecular complexity index is 862. The summed E-state index contributed by atoms with van der Waals surface area (Å²) in [5.41, 5.74) is 1.82. The predicted octanol–water partition coefficient (Wildman–Crippen LogP) is 7.08. The Kier molecular flexibility index (Phi) is 11.8. The molecule has 0 radical (unpaired) electrons. The summed E-state index contributed by atoms with van der Waals surface area (Å²) in [7, 11) is 0. The molecule has 1 atom stereocenters. The second kappa shape index (κ2) is 14.3. The first-order valence-electron chi connectivity index (χ1n) is 12.3. The lowest BCUT2D eigenvalue weighted by molar-refractivity contribution is -0.156. The van der Waals surface area contributed by atoms with Crippen molar-refractivity contribution in [3.05, 3.63) is 71.8 Å². The Morgan fingerprint density at radius 2 is 1.12 bits per heavy atom. The fourth-order valence-electron chi connectivity index (χ4n) is 3.98. The first kappa shape index (κ1) is 28.1. The van der Waals surface area contributed by atoms with Crippen LogP contribution >= 0.6 is 15.9 Å². The van der Waals surface area contributed by atoms with Crippen LogP contribution in [0.4, 0.5) is 0 Å². The zero-order valence-electron chi connectivity index (χ0n) is 20.9. The van der Waals surface area contributed by atoms with E-state index in [-0.39, 0.29) is 11.9 Å². The summed E-state index contributed by atoms with van der Waals surface area (Å²) in [6.07, 6.45) is 6.99. The van der Waals surface area contributed by atoms with Gasteiger partial charge in [-0.05, 0) is 83.3 Å². The van der Waals surface area contributed by atoms with Crippen LogP contribution in [0.2, 0.25) is 0 Å². The van der Waals surface area contributed by atoms with Gasteiger partial charge in [0.2, 0.25) is 0 Å². The van der Waals surface area contributed by atoms with E-state index in [1.54, 1.807) is 6.92 Å². The molecule has 0 fully saturated rings. The number of halogens is 1. The fourth-order valence-corrected chi connectivity index (χ4v) is 4.79. The number of rotatable bonds is 15. The van der Waals surface area contributed by atoms with Gasteiger partial charge in [0.1, 0.15) is 4.32 Å². The number of esters is 2. The molecule has 0 aliphatic carbocycles. The molecule has 2 aromatic carbocycles. The number of hydrogen-bond donors (Lipinski definition) is 0. The summed E-state index contributed by atoms with van der Waals surface area (Å²) in [4.78, 5) is 25.3. The maximum Gasteiger partial charge on any atom is 0.322 e. The van der Waals surface area contributed by atoms with Crippen molar-refractivity contribution in [2.75, 3.05) is 13.2 Å². The highest BCUT2D eigenvalue weighted by atomic mass is 79.9. The van der Waals surface area contributed by atoms with E-state index in [1.807, 2.05) is 38.1 Å². The molecule has 0 saturated carbocycles. The number of ether oxygens (including phenoxy) is 2. The standard InChI is InChI=1S/C29H39BrO4/c1-28(2,26(31)33-21-13-6-11-19-24-15-7-4-8-16-24)23-29(3,30)27(32)34-22-14-12-20-25-17-9-5-10-18-25/h4-5,7-10,15-18H,6,11-14,19-23H2,1-3H3. The lowest BCUT2D eigenvalue weighted by Crippen LogP contribution is -2.39. The Balaban J connectivity index is 1.63. The third-order valence-corrected chi connectivity index (χ3v) is 6.48. The van der Waals surface area contributed by atoms with Crippen LogP contribution in [0.5, 0.6) is 0 Å². The molecule has 0 aliphatic heterocycles. The number of unbranched alkanes of at least 4 members (excludes halogenated alkanes) is 3. The molecule has 0 spiro atoms. The van der Waals surface area contributed by atoms with Crippen LogP contribution in [0.3, 0.4) is 0 Å². The quantitative estimate of drug-likeness (QED) is 0.140. The second-order valence-electron chi connectivity index (χ2n) is 9.77. The van der Waals surface area contributed by atoms with Crippen molar-refractivity contribution in [1.29, 1.82) is 0 Å². The molecule has 1 unspecified atom stereocenters. The van der Waals surface area contributed by atoms with Crippen molar-refractivity contribution >= 4 is 27.9 Å². The van der Waals surface area contributed by atoms with Crippen LogP contribution in [0, 0.1) is 5.41 Å². The smallest absolute Gasteiger partial charge is 0.322 e. The molecule has 0 amide bonds. The predicted molar refractivity (Wildman–Crippen MR) is 141 cm³/mol. The summed E-state index contributed by atoms with van der Waals surface area (Å²) < 4.78 is 10.1. The molecular formula is C29H39BrO4. The normalized spacial score (nSPS) is 13.2. The molecule has 0 aromatic heterocycles. The zero-order chi connectivity index (χ0) is 24.9. The van der Waals surface area contributed by atoms with Gasteiger partial charge in [-0.1, -0.05) is 76.6 Å². The molecule has 0 aliphatic rings. The third-order valence-electron chi connectivity index (χ3n) is 5.87. The van der Waals surface area contributed by atoms with Gasteiger partial charge >= 0.3 is 11.9 Å². The lowest BCUT2D eigenvalue weighted by Gasteiger charge is -2.30. The van der Waals surface area contributed by atoms with Crippen LogP contribution in [0.1, 0.15) is 70.4 Å². The first-order chi connectivity index (χ1) is 16.2. The minimum absolute atomic E-state index is 0.281. The number of aryl methyl sites for hydroxylation is 2. The van der Waals surface area contributed by atoms with Crippen LogP contribution in [0.25, 0.3) is 0 Å². The minimum atomic E-state index is -0.940. The van der Waals surface area contributed by atoms with Gasteiger partial charge in [0.25, 0.3) is 0 Å². The molecule has 186 valence electrons. The monoisotopic (exact) mass is 530 g/mol. The molecule has 2 rings (SSSR count). The largest absolute Gasteiger partial charge is 0.465 e.